The van der Waals surface area contributed by atoms with Gasteiger partial charge in [0.1, 0.15) is 17.2 Å². The molecule has 0 unspecified atom stereocenters. The van der Waals surface area contributed by atoms with E-state index < -0.39 is 29.4 Å². The lowest BCUT2D eigenvalue weighted by atomic mass is 9.64. The number of hydrogen-bond acceptors (Lipinski definition) is 6. The Labute approximate surface area is 252 Å². The Hall–Kier alpha value is -5.01. The van der Waals surface area contributed by atoms with Crippen molar-refractivity contribution in [3.63, 3.8) is 0 Å². The van der Waals surface area contributed by atoms with E-state index >= 15 is 0 Å². The number of halogens is 1. The quantitative estimate of drug-likeness (QED) is 0.171. The van der Waals surface area contributed by atoms with Crippen LogP contribution in [-0.2, 0) is 15.0 Å². The average Bonchev–Trinajstić information content (AvgIpc) is 3.49. The molecule has 4 atom stereocenters. The molecular formula is C35H25ClN2O5. The van der Waals surface area contributed by atoms with Crippen molar-refractivity contribution in [2.24, 2.45) is 5.92 Å². The summed E-state index contributed by atoms with van der Waals surface area (Å²) < 4.78 is 5.18. The number of hydrogen-bond donors (Lipinski definition) is 1. The predicted molar refractivity (Wildman–Crippen MR) is 164 cm³/mol. The highest BCUT2D eigenvalue weighted by molar-refractivity contribution is 6.30. The molecule has 212 valence electrons. The number of anilines is 2. The number of esters is 1. The molecule has 7 nitrogen and oxygen atoms in total. The molecule has 0 aromatic heterocycles. The SMILES string of the molecule is CC(=O)Oc1ccc(C(=O)[C@H]2[C@H](C(=O)c3ccc(Cl)cc3)[C@]3(C(=O)Nc4ccccc43)[C@H]3C=Cc4ccccc4N23)cc1. The summed E-state index contributed by atoms with van der Waals surface area (Å²) in [5.74, 6) is -2.27. The molecule has 4 aromatic carbocycles. The van der Waals surface area contributed by atoms with Gasteiger partial charge in [-0.3, -0.25) is 19.2 Å². The molecule has 3 aliphatic heterocycles. The number of ether oxygens (including phenoxy) is 1. The van der Waals surface area contributed by atoms with E-state index in [1.807, 2.05) is 65.6 Å². The van der Waals surface area contributed by atoms with Crippen LogP contribution in [0.15, 0.2) is 103 Å². The summed E-state index contributed by atoms with van der Waals surface area (Å²) in [4.78, 5) is 57.3. The molecule has 43 heavy (non-hydrogen) atoms. The van der Waals surface area contributed by atoms with Crippen LogP contribution >= 0.6 is 11.6 Å². The van der Waals surface area contributed by atoms with E-state index in [9.17, 15) is 19.2 Å². The van der Waals surface area contributed by atoms with Gasteiger partial charge >= 0.3 is 5.97 Å². The fourth-order valence-corrected chi connectivity index (χ4v) is 7.06. The molecule has 1 fully saturated rings. The lowest BCUT2D eigenvalue weighted by Crippen LogP contribution is -2.51. The Balaban J connectivity index is 1.48. The van der Waals surface area contributed by atoms with Crippen LogP contribution in [0.25, 0.3) is 6.08 Å². The first-order valence-electron chi connectivity index (χ1n) is 13.9. The fraction of sp³-hybridized carbons (Fsp3) is 0.143. The van der Waals surface area contributed by atoms with E-state index in [0.717, 1.165) is 11.3 Å². The first-order chi connectivity index (χ1) is 20.8. The number of benzene rings is 4. The number of Topliss-reactive ketones (excluding diaryl/α,β-unsaturated/α-hetero) is 2. The number of nitrogens with one attached hydrogen (secondary N) is 1. The molecule has 3 aliphatic rings. The molecule has 1 N–H and O–H groups in total. The molecule has 1 spiro atoms. The van der Waals surface area contributed by atoms with Gasteiger partial charge in [0.2, 0.25) is 5.91 Å². The summed E-state index contributed by atoms with van der Waals surface area (Å²) in [6.07, 6.45) is 3.89. The number of amides is 1. The summed E-state index contributed by atoms with van der Waals surface area (Å²) in [5, 5.41) is 3.49. The molecule has 0 radical (unpaired) electrons. The Morgan fingerprint density at radius 2 is 1.49 bits per heavy atom. The van der Waals surface area contributed by atoms with Crippen molar-refractivity contribution in [2.75, 3.05) is 10.2 Å². The summed E-state index contributed by atoms with van der Waals surface area (Å²) in [6, 6.07) is 26.1. The maximum Gasteiger partial charge on any atom is 0.308 e. The Kier molecular flexibility index (Phi) is 6.29. The number of ketones is 2. The lowest BCUT2D eigenvalue weighted by Gasteiger charge is -2.37. The van der Waals surface area contributed by atoms with E-state index in [-0.39, 0.29) is 17.5 Å². The van der Waals surface area contributed by atoms with E-state index in [1.54, 1.807) is 48.5 Å². The summed E-state index contributed by atoms with van der Waals surface area (Å²) in [6.45, 7) is 1.30. The fourth-order valence-electron chi connectivity index (χ4n) is 6.94. The van der Waals surface area contributed by atoms with Crippen molar-refractivity contribution >= 4 is 52.5 Å². The van der Waals surface area contributed by atoms with Crippen molar-refractivity contribution in [2.45, 2.75) is 24.4 Å². The molecule has 0 aliphatic carbocycles. The van der Waals surface area contributed by atoms with Gasteiger partial charge in [-0.15, -0.1) is 0 Å². The third-order valence-electron chi connectivity index (χ3n) is 8.62. The molecule has 0 bridgehead atoms. The molecule has 8 heteroatoms. The van der Waals surface area contributed by atoms with E-state index in [1.165, 1.54) is 6.92 Å². The molecule has 1 amide bonds. The predicted octanol–water partition coefficient (Wildman–Crippen LogP) is 6.12. The van der Waals surface area contributed by atoms with Gasteiger partial charge in [-0.2, -0.15) is 0 Å². The average molecular weight is 589 g/mol. The highest BCUT2D eigenvalue weighted by Gasteiger charge is 2.70. The van der Waals surface area contributed by atoms with Crippen LogP contribution in [0, 0.1) is 5.92 Å². The van der Waals surface area contributed by atoms with Gasteiger partial charge in [0.15, 0.2) is 11.6 Å². The second-order valence-electron chi connectivity index (χ2n) is 10.9. The maximum absolute atomic E-state index is 14.8. The van der Waals surface area contributed by atoms with Gasteiger partial charge in [0.25, 0.3) is 0 Å². The zero-order chi connectivity index (χ0) is 29.9. The van der Waals surface area contributed by atoms with E-state index in [2.05, 4.69) is 5.32 Å². The van der Waals surface area contributed by atoms with Crippen LogP contribution in [0.4, 0.5) is 11.4 Å². The van der Waals surface area contributed by atoms with Crippen LogP contribution in [0.2, 0.25) is 5.02 Å². The van der Waals surface area contributed by atoms with Gasteiger partial charge in [0.05, 0.1) is 12.0 Å². The van der Waals surface area contributed by atoms with Crippen molar-refractivity contribution in [1.82, 2.24) is 0 Å². The number of para-hydroxylation sites is 2. The van der Waals surface area contributed by atoms with Crippen LogP contribution < -0.4 is 15.0 Å². The summed E-state index contributed by atoms with van der Waals surface area (Å²) in [7, 11) is 0. The van der Waals surface area contributed by atoms with Crippen LogP contribution in [-0.4, -0.2) is 35.5 Å². The normalized spacial score (nSPS) is 22.9. The molecule has 0 saturated carbocycles. The minimum atomic E-state index is -1.41. The number of nitrogens with zero attached hydrogens (tertiary/aromatic N) is 1. The zero-order valence-electron chi connectivity index (χ0n) is 23.0. The monoisotopic (exact) mass is 588 g/mol. The summed E-state index contributed by atoms with van der Waals surface area (Å²) in [5.41, 5.74) is 2.20. The minimum absolute atomic E-state index is 0.300. The third kappa shape index (κ3) is 4.03. The van der Waals surface area contributed by atoms with Crippen LogP contribution in [0.5, 0.6) is 5.75 Å². The number of carbonyl (C=O) groups excluding carboxylic acids is 4. The van der Waals surface area contributed by atoms with E-state index in [4.69, 9.17) is 16.3 Å². The van der Waals surface area contributed by atoms with Gasteiger partial charge in [-0.05, 0) is 71.8 Å². The number of rotatable bonds is 5. The number of carbonyl (C=O) groups is 4. The third-order valence-corrected chi connectivity index (χ3v) is 8.87. The molecule has 4 aromatic rings. The van der Waals surface area contributed by atoms with Crippen molar-refractivity contribution < 1.29 is 23.9 Å². The van der Waals surface area contributed by atoms with Gasteiger partial charge < -0.3 is 15.0 Å². The molecule has 7 rings (SSSR count). The van der Waals surface area contributed by atoms with Crippen molar-refractivity contribution in [3.05, 3.63) is 130 Å². The van der Waals surface area contributed by atoms with Crippen molar-refractivity contribution in [3.8, 4) is 5.75 Å². The second-order valence-corrected chi connectivity index (χ2v) is 11.4. The molecule has 1 saturated heterocycles. The Morgan fingerprint density at radius 3 is 2.23 bits per heavy atom. The molecule has 3 heterocycles. The first kappa shape index (κ1) is 26.9. The van der Waals surface area contributed by atoms with Crippen molar-refractivity contribution in [1.29, 1.82) is 0 Å². The minimum Gasteiger partial charge on any atom is -0.427 e. The molecular weight excluding hydrogens is 564 g/mol. The Morgan fingerprint density at radius 1 is 0.837 bits per heavy atom. The Bertz CT molecular complexity index is 1850. The summed E-state index contributed by atoms with van der Waals surface area (Å²) >= 11 is 6.17. The lowest BCUT2D eigenvalue weighted by molar-refractivity contribution is -0.131. The van der Waals surface area contributed by atoms with E-state index in [0.29, 0.717) is 33.1 Å². The largest absolute Gasteiger partial charge is 0.427 e. The van der Waals surface area contributed by atoms with Gasteiger partial charge in [0, 0.05) is 34.4 Å². The zero-order valence-corrected chi connectivity index (χ0v) is 23.7. The standard InChI is InChI=1S/C35H25ClN2O5/c1-20(39)43-25-17-12-23(13-18-25)33(41)31-30(32(40)22-10-15-24(36)16-11-22)35(26-7-3-4-8-27(26)37-34(35)42)29-19-14-21-6-2-5-9-28(21)38(29)31/h2-19,29-31H,1H3,(H,37,42)/t29-,30-,31-,35-/m1/s1. The van der Waals surface area contributed by atoms with Gasteiger partial charge in [-0.25, -0.2) is 0 Å². The van der Waals surface area contributed by atoms with Crippen LogP contribution in [0.1, 0.15) is 38.8 Å². The topological polar surface area (TPSA) is 92.8 Å². The smallest absolute Gasteiger partial charge is 0.308 e. The van der Waals surface area contributed by atoms with Gasteiger partial charge in [-0.1, -0.05) is 60.2 Å². The highest BCUT2D eigenvalue weighted by Crippen LogP contribution is 2.58. The maximum atomic E-state index is 14.8. The second kappa shape index (κ2) is 10.1. The number of fused-ring (bicyclic) bond motifs is 6. The first-order valence-corrected chi connectivity index (χ1v) is 14.3. The highest BCUT2D eigenvalue weighted by atomic mass is 35.5. The van der Waals surface area contributed by atoms with Crippen LogP contribution in [0.3, 0.4) is 0 Å².